The van der Waals surface area contributed by atoms with Crippen LogP contribution in [-0.4, -0.2) is 27.3 Å². The standard InChI is InChI=1S/C19H20N2O3/c1-14(23)11-18-17-12-16(24-13-15-5-3-2-4-6-15)7-8-19(17)21(20-18)9-10-22/h2-8,10,12,14,23H,9,11,13H2,1H3. The van der Waals surface area contributed by atoms with Crippen molar-refractivity contribution >= 4 is 17.2 Å². The molecule has 0 aliphatic rings. The van der Waals surface area contributed by atoms with Crippen molar-refractivity contribution in [2.24, 2.45) is 0 Å². The zero-order valence-electron chi connectivity index (χ0n) is 13.6. The molecule has 5 nitrogen and oxygen atoms in total. The Labute approximate surface area is 140 Å². The zero-order chi connectivity index (χ0) is 16.9. The van der Waals surface area contributed by atoms with Gasteiger partial charge in [0.05, 0.1) is 23.9 Å². The first-order valence-electron chi connectivity index (χ1n) is 7.95. The van der Waals surface area contributed by atoms with Crippen LogP contribution in [0.2, 0.25) is 0 Å². The Bertz CT molecular complexity index is 825. The lowest BCUT2D eigenvalue weighted by Gasteiger charge is -2.07. The fourth-order valence-electron chi connectivity index (χ4n) is 2.70. The first kappa shape index (κ1) is 16.2. The van der Waals surface area contributed by atoms with Crippen LogP contribution in [0.15, 0.2) is 48.5 Å². The van der Waals surface area contributed by atoms with Crippen LogP contribution in [0, 0.1) is 0 Å². The predicted molar refractivity (Wildman–Crippen MR) is 92.0 cm³/mol. The predicted octanol–water partition coefficient (Wildman–Crippen LogP) is 2.74. The van der Waals surface area contributed by atoms with E-state index in [-0.39, 0.29) is 6.54 Å². The van der Waals surface area contributed by atoms with E-state index in [0.717, 1.165) is 34.2 Å². The molecule has 3 aromatic rings. The number of aliphatic hydroxyl groups is 1. The van der Waals surface area contributed by atoms with E-state index in [4.69, 9.17) is 4.74 Å². The summed E-state index contributed by atoms with van der Waals surface area (Å²) in [4.78, 5) is 10.8. The lowest BCUT2D eigenvalue weighted by Crippen LogP contribution is -2.06. The van der Waals surface area contributed by atoms with Crippen molar-refractivity contribution in [3.8, 4) is 5.75 Å². The number of hydrogen-bond donors (Lipinski definition) is 1. The fraction of sp³-hybridized carbons (Fsp3) is 0.263. The average Bonchev–Trinajstić information content (AvgIpc) is 2.91. The van der Waals surface area contributed by atoms with Crippen molar-refractivity contribution in [1.29, 1.82) is 0 Å². The smallest absolute Gasteiger partial charge is 0.141 e. The summed E-state index contributed by atoms with van der Waals surface area (Å²) < 4.78 is 7.51. The molecule has 3 rings (SSSR count). The summed E-state index contributed by atoms with van der Waals surface area (Å²) in [5, 5.41) is 15.0. The molecule has 0 saturated heterocycles. The van der Waals surface area contributed by atoms with Gasteiger partial charge in [-0.15, -0.1) is 0 Å². The largest absolute Gasteiger partial charge is 0.489 e. The van der Waals surface area contributed by atoms with E-state index < -0.39 is 6.10 Å². The van der Waals surface area contributed by atoms with Crippen LogP contribution in [0.1, 0.15) is 18.2 Å². The molecular weight excluding hydrogens is 304 g/mol. The molecule has 0 saturated carbocycles. The number of ether oxygens (including phenoxy) is 1. The minimum atomic E-state index is -0.498. The number of rotatable bonds is 7. The monoisotopic (exact) mass is 324 g/mol. The molecule has 1 heterocycles. The summed E-state index contributed by atoms with van der Waals surface area (Å²) in [5.74, 6) is 0.740. The first-order valence-corrected chi connectivity index (χ1v) is 7.95. The Hall–Kier alpha value is -2.66. The molecule has 24 heavy (non-hydrogen) atoms. The molecule has 0 aliphatic carbocycles. The summed E-state index contributed by atoms with van der Waals surface area (Å²) in [6.45, 7) is 2.40. The van der Waals surface area contributed by atoms with Crippen LogP contribution in [0.5, 0.6) is 5.75 Å². The summed E-state index contributed by atoms with van der Waals surface area (Å²) in [6, 6.07) is 15.7. The molecule has 5 heteroatoms. The van der Waals surface area contributed by atoms with E-state index in [0.29, 0.717) is 13.0 Å². The molecule has 0 spiro atoms. The zero-order valence-corrected chi connectivity index (χ0v) is 13.6. The van der Waals surface area contributed by atoms with E-state index in [9.17, 15) is 9.90 Å². The Morgan fingerprint density at radius 2 is 2.04 bits per heavy atom. The minimum absolute atomic E-state index is 0.195. The molecule has 0 radical (unpaired) electrons. The Balaban J connectivity index is 1.89. The highest BCUT2D eigenvalue weighted by molar-refractivity contribution is 5.84. The van der Waals surface area contributed by atoms with Crippen molar-refractivity contribution in [1.82, 2.24) is 9.78 Å². The summed E-state index contributed by atoms with van der Waals surface area (Å²) in [6.07, 6.45) is 0.754. The van der Waals surface area contributed by atoms with Crippen LogP contribution in [0.4, 0.5) is 0 Å². The van der Waals surface area contributed by atoms with Gasteiger partial charge in [-0.3, -0.25) is 4.68 Å². The quantitative estimate of drug-likeness (QED) is 0.679. The van der Waals surface area contributed by atoms with Gasteiger partial charge in [0.2, 0.25) is 0 Å². The van der Waals surface area contributed by atoms with Crippen molar-refractivity contribution in [2.45, 2.75) is 32.6 Å². The van der Waals surface area contributed by atoms with Gasteiger partial charge in [0.1, 0.15) is 18.6 Å². The SMILES string of the molecule is CC(O)Cc1nn(CC=O)c2ccc(OCc3ccccc3)cc12. The van der Waals surface area contributed by atoms with Crippen LogP contribution < -0.4 is 4.74 Å². The van der Waals surface area contributed by atoms with Gasteiger partial charge in [0.15, 0.2) is 0 Å². The number of aliphatic hydroxyl groups excluding tert-OH is 1. The van der Waals surface area contributed by atoms with Gasteiger partial charge in [-0.2, -0.15) is 5.10 Å². The second-order valence-electron chi connectivity index (χ2n) is 5.80. The van der Waals surface area contributed by atoms with Crippen molar-refractivity contribution in [2.75, 3.05) is 0 Å². The van der Waals surface area contributed by atoms with E-state index in [1.165, 1.54) is 0 Å². The molecule has 124 valence electrons. The number of benzene rings is 2. The third kappa shape index (κ3) is 3.63. The van der Waals surface area contributed by atoms with Gasteiger partial charge in [-0.1, -0.05) is 30.3 Å². The van der Waals surface area contributed by atoms with Crippen LogP contribution in [0.25, 0.3) is 10.9 Å². The van der Waals surface area contributed by atoms with E-state index in [1.54, 1.807) is 11.6 Å². The molecule has 1 N–H and O–H groups in total. The topological polar surface area (TPSA) is 64.4 Å². The Kier molecular flexibility index (Phi) is 4.91. The van der Waals surface area contributed by atoms with E-state index >= 15 is 0 Å². The van der Waals surface area contributed by atoms with Crippen LogP contribution in [-0.2, 0) is 24.4 Å². The molecule has 1 aromatic heterocycles. The fourth-order valence-corrected chi connectivity index (χ4v) is 2.70. The van der Waals surface area contributed by atoms with Crippen molar-refractivity contribution in [3.63, 3.8) is 0 Å². The second-order valence-corrected chi connectivity index (χ2v) is 5.80. The molecule has 0 bridgehead atoms. The van der Waals surface area contributed by atoms with E-state index in [2.05, 4.69) is 5.10 Å². The normalized spacial score (nSPS) is 12.2. The maximum atomic E-state index is 10.8. The second kappa shape index (κ2) is 7.27. The van der Waals surface area contributed by atoms with Crippen LogP contribution in [0.3, 0.4) is 0 Å². The molecule has 1 unspecified atom stereocenters. The first-order chi connectivity index (χ1) is 11.7. The van der Waals surface area contributed by atoms with Gasteiger partial charge in [0, 0.05) is 11.8 Å². The summed E-state index contributed by atoms with van der Waals surface area (Å²) in [7, 11) is 0. The molecule has 0 fully saturated rings. The third-order valence-electron chi connectivity index (χ3n) is 3.78. The molecule has 1 atom stereocenters. The maximum absolute atomic E-state index is 10.8. The van der Waals surface area contributed by atoms with Crippen molar-refractivity contribution < 1.29 is 14.6 Å². The third-order valence-corrected chi connectivity index (χ3v) is 3.78. The van der Waals surface area contributed by atoms with Gasteiger partial charge in [-0.05, 0) is 30.7 Å². The Morgan fingerprint density at radius 1 is 1.25 bits per heavy atom. The number of hydrogen-bond acceptors (Lipinski definition) is 4. The van der Waals surface area contributed by atoms with E-state index in [1.807, 2.05) is 48.5 Å². The Morgan fingerprint density at radius 3 is 2.75 bits per heavy atom. The highest BCUT2D eigenvalue weighted by Gasteiger charge is 2.13. The number of carbonyl (C=O) groups excluding carboxylic acids is 1. The van der Waals surface area contributed by atoms with Gasteiger partial charge < -0.3 is 14.6 Å². The minimum Gasteiger partial charge on any atom is -0.489 e. The number of carbonyl (C=O) groups is 1. The lowest BCUT2D eigenvalue weighted by molar-refractivity contribution is -0.108. The van der Waals surface area contributed by atoms with Crippen LogP contribution >= 0.6 is 0 Å². The van der Waals surface area contributed by atoms with Crippen molar-refractivity contribution in [3.05, 3.63) is 59.8 Å². The number of fused-ring (bicyclic) bond motifs is 1. The summed E-state index contributed by atoms with van der Waals surface area (Å²) >= 11 is 0. The number of nitrogens with zero attached hydrogens (tertiary/aromatic N) is 2. The molecule has 2 aromatic carbocycles. The van der Waals surface area contributed by atoms with Gasteiger partial charge >= 0.3 is 0 Å². The number of aldehydes is 1. The van der Waals surface area contributed by atoms with Gasteiger partial charge in [0.25, 0.3) is 0 Å². The molecule has 0 aliphatic heterocycles. The highest BCUT2D eigenvalue weighted by Crippen LogP contribution is 2.25. The maximum Gasteiger partial charge on any atom is 0.141 e. The molecular formula is C19H20N2O3. The lowest BCUT2D eigenvalue weighted by atomic mass is 10.1. The summed E-state index contributed by atoms with van der Waals surface area (Å²) in [5.41, 5.74) is 2.73. The highest BCUT2D eigenvalue weighted by atomic mass is 16.5. The number of aromatic nitrogens is 2. The van der Waals surface area contributed by atoms with Gasteiger partial charge in [-0.25, -0.2) is 0 Å². The average molecular weight is 324 g/mol. The molecule has 0 amide bonds.